The van der Waals surface area contributed by atoms with Gasteiger partial charge in [-0.15, -0.1) is 0 Å². The molecule has 0 saturated heterocycles. The second-order valence-electron chi connectivity index (χ2n) is 3.74. The molecule has 0 saturated carbocycles. The Morgan fingerprint density at radius 2 is 2.33 bits per heavy atom. The lowest BCUT2D eigenvalue weighted by Crippen LogP contribution is -2.17. The van der Waals surface area contributed by atoms with Crippen LogP contribution in [0.3, 0.4) is 0 Å². The van der Waals surface area contributed by atoms with Crippen LogP contribution in [0.15, 0.2) is 22.8 Å². The standard InChI is InChI=1S/C12H14BrN3O2/c1-2-18-12(17)9-7-8-3-4-10(13)15-11(8)16(9)6-5-14/h3-4,7H,2,5-6,14H2,1H3. The number of esters is 1. The molecular weight excluding hydrogens is 298 g/mol. The normalized spacial score (nSPS) is 10.8. The molecule has 18 heavy (non-hydrogen) atoms. The van der Waals surface area contributed by atoms with E-state index in [-0.39, 0.29) is 5.97 Å². The number of nitrogens with two attached hydrogens (primary N) is 1. The number of aromatic nitrogens is 2. The number of ether oxygens (including phenoxy) is 1. The van der Waals surface area contributed by atoms with Crippen LogP contribution in [0.2, 0.25) is 0 Å². The molecule has 0 aliphatic rings. The van der Waals surface area contributed by atoms with Crippen molar-refractivity contribution >= 4 is 32.9 Å². The Bertz CT molecular complexity index is 580. The highest BCUT2D eigenvalue weighted by Gasteiger charge is 2.17. The van der Waals surface area contributed by atoms with Crippen molar-refractivity contribution in [1.29, 1.82) is 0 Å². The molecule has 2 aromatic rings. The average molecular weight is 312 g/mol. The van der Waals surface area contributed by atoms with Crippen LogP contribution in [-0.2, 0) is 11.3 Å². The van der Waals surface area contributed by atoms with Gasteiger partial charge in [-0.05, 0) is 41.1 Å². The quantitative estimate of drug-likeness (QED) is 0.692. The molecule has 96 valence electrons. The van der Waals surface area contributed by atoms with Gasteiger partial charge in [-0.1, -0.05) is 0 Å². The van der Waals surface area contributed by atoms with Crippen LogP contribution < -0.4 is 5.73 Å². The van der Waals surface area contributed by atoms with E-state index in [4.69, 9.17) is 10.5 Å². The van der Waals surface area contributed by atoms with Gasteiger partial charge in [0.1, 0.15) is 15.9 Å². The Kier molecular flexibility index (Phi) is 3.98. The fourth-order valence-electron chi connectivity index (χ4n) is 1.83. The molecule has 0 aliphatic heterocycles. The number of pyridine rings is 1. The maximum Gasteiger partial charge on any atom is 0.355 e. The molecule has 2 aromatic heterocycles. The Hall–Kier alpha value is -1.40. The third kappa shape index (κ3) is 2.39. The molecule has 2 heterocycles. The van der Waals surface area contributed by atoms with E-state index in [0.717, 1.165) is 15.6 Å². The number of hydrogen-bond donors (Lipinski definition) is 1. The van der Waals surface area contributed by atoms with Crippen molar-refractivity contribution < 1.29 is 9.53 Å². The van der Waals surface area contributed by atoms with E-state index < -0.39 is 0 Å². The first-order chi connectivity index (χ1) is 8.67. The summed E-state index contributed by atoms with van der Waals surface area (Å²) in [6, 6.07) is 5.52. The van der Waals surface area contributed by atoms with E-state index >= 15 is 0 Å². The first-order valence-electron chi connectivity index (χ1n) is 5.70. The van der Waals surface area contributed by atoms with Crippen LogP contribution in [0.5, 0.6) is 0 Å². The topological polar surface area (TPSA) is 70.1 Å². The molecule has 2 N–H and O–H groups in total. The van der Waals surface area contributed by atoms with Gasteiger partial charge in [-0.3, -0.25) is 0 Å². The first-order valence-corrected chi connectivity index (χ1v) is 6.49. The fraction of sp³-hybridized carbons (Fsp3) is 0.333. The Labute approximate surface area is 113 Å². The summed E-state index contributed by atoms with van der Waals surface area (Å²) in [4.78, 5) is 16.2. The van der Waals surface area contributed by atoms with Gasteiger partial charge in [0.2, 0.25) is 0 Å². The largest absolute Gasteiger partial charge is 0.461 e. The molecule has 0 fully saturated rings. The highest BCUT2D eigenvalue weighted by atomic mass is 79.9. The summed E-state index contributed by atoms with van der Waals surface area (Å²) < 4.78 is 7.55. The summed E-state index contributed by atoms with van der Waals surface area (Å²) in [6.07, 6.45) is 0. The third-order valence-corrected chi connectivity index (χ3v) is 2.99. The van der Waals surface area contributed by atoms with E-state index in [1.165, 1.54) is 0 Å². The van der Waals surface area contributed by atoms with Crippen molar-refractivity contribution in [2.45, 2.75) is 13.5 Å². The maximum absolute atomic E-state index is 11.9. The molecule has 0 radical (unpaired) electrons. The van der Waals surface area contributed by atoms with Crippen molar-refractivity contribution in [3.8, 4) is 0 Å². The summed E-state index contributed by atoms with van der Waals surface area (Å²) in [5.41, 5.74) is 6.80. The van der Waals surface area contributed by atoms with E-state index in [1.807, 2.05) is 12.1 Å². The Balaban J connectivity index is 2.57. The van der Waals surface area contributed by atoms with Crippen molar-refractivity contribution in [2.24, 2.45) is 5.73 Å². The van der Waals surface area contributed by atoms with Gasteiger partial charge in [-0.25, -0.2) is 9.78 Å². The van der Waals surface area contributed by atoms with Crippen LogP contribution >= 0.6 is 15.9 Å². The van der Waals surface area contributed by atoms with E-state index in [9.17, 15) is 4.79 Å². The van der Waals surface area contributed by atoms with Gasteiger partial charge in [0.05, 0.1) is 6.61 Å². The maximum atomic E-state index is 11.9. The predicted molar refractivity (Wildman–Crippen MR) is 72.4 cm³/mol. The zero-order valence-electron chi connectivity index (χ0n) is 10.0. The Morgan fingerprint density at radius 3 is 3.00 bits per heavy atom. The molecule has 0 bridgehead atoms. The summed E-state index contributed by atoms with van der Waals surface area (Å²) in [5, 5.41) is 0.898. The van der Waals surface area contributed by atoms with Crippen LogP contribution in [0.25, 0.3) is 11.0 Å². The molecule has 2 rings (SSSR count). The summed E-state index contributed by atoms with van der Waals surface area (Å²) in [7, 11) is 0. The van der Waals surface area contributed by atoms with Crippen molar-refractivity contribution in [3.05, 3.63) is 28.5 Å². The van der Waals surface area contributed by atoms with Crippen LogP contribution in [0.4, 0.5) is 0 Å². The molecule has 0 amide bonds. The molecule has 0 atom stereocenters. The van der Waals surface area contributed by atoms with Gasteiger partial charge in [0.25, 0.3) is 0 Å². The van der Waals surface area contributed by atoms with E-state index in [2.05, 4.69) is 20.9 Å². The minimum Gasteiger partial charge on any atom is -0.461 e. The highest BCUT2D eigenvalue weighted by molar-refractivity contribution is 9.10. The highest BCUT2D eigenvalue weighted by Crippen LogP contribution is 2.21. The van der Waals surface area contributed by atoms with E-state index in [0.29, 0.717) is 25.4 Å². The number of halogens is 1. The number of hydrogen-bond acceptors (Lipinski definition) is 4. The molecule has 0 unspecified atom stereocenters. The molecule has 0 aromatic carbocycles. The molecular formula is C12H14BrN3O2. The lowest BCUT2D eigenvalue weighted by molar-refractivity contribution is 0.0514. The number of carbonyl (C=O) groups excluding carboxylic acids is 1. The second kappa shape index (κ2) is 5.49. The monoisotopic (exact) mass is 311 g/mol. The van der Waals surface area contributed by atoms with Crippen molar-refractivity contribution in [2.75, 3.05) is 13.2 Å². The number of rotatable bonds is 4. The minimum atomic E-state index is -0.347. The summed E-state index contributed by atoms with van der Waals surface area (Å²) in [6.45, 7) is 3.09. The predicted octanol–water partition coefficient (Wildman–Crippen LogP) is 1.93. The zero-order chi connectivity index (χ0) is 13.1. The smallest absolute Gasteiger partial charge is 0.355 e. The molecule has 0 spiro atoms. The SMILES string of the molecule is CCOC(=O)c1cc2ccc(Br)nc2n1CCN. The molecule has 5 nitrogen and oxygen atoms in total. The van der Waals surface area contributed by atoms with Gasteiger partial charge in [-0.2, -0.15) is 0 Å². The molecule has 6 heteroatoms. The van der Waals surface area contributed by atoms with Gasteiger partial charge >= 0.3 is 5.97 Å². The third-order valence-electron chi connectivity index (χ3n) is 2.55. The first kappa shape index (κ1) is 13.0. The van der Waals surface area contributed by atoms with Gasteiger partial charge < -0.3 is 15.0 Å². The number of carbonyl (C=O) groups is 1. The van der Waals surface area contributed by atoms with Crippen molar-refractivity contribution in [3.63, 3.8) is 0 Å². The number of nitrogens with zero attached hydrogens (tertiary/aromatic N) is 2. The van der Waals surface area contributed by atoms with Crippen LogP contribution in [-0.4, -0.2) is 28.7 Å². The van der Waals surface area contributed by atoms with Crippen LogP contribution in [0, 0.1) is 0 Å². The molecule has 0 aliphatic carbocycles. The minimum absolute atomic E-state index is 0.347. The second-order valence-corrected chi connectivity index (χ2v) is 4.55. The summed E-state index contributed by atoms with van der Waals surface area (Å²) in [5.74, 6) is -0.347. The van der Waals surface area contributed by atoms with E-state index in [1.54, 1.807) is 17.6 Å². The fourth-order valence-corrected chi connectivity index (χ4v) is 2.13. The summed E-state index contributed by atoms with van der Waals surface area (Å²) >= 11 is 3.32. The van der Waals surface area contributed by atoms with Crippen LogP contribution in [0.1, 0.15) is 17.4 Å². The average Bonchev–Trinajstić information content (AvgIpc) is 2.69. The number of fused-ring (bicyclic) bond motifs is 1. The zero-order valence-corrected chi connectivity index (χ0v) is 11.6. The van der Waals surface area contributed by atoms with Gasteiger partial charge in [0, 0.05) is 18.5 Å². The van der Waals surface area contributed by atoms with Gasteiger partial charge in [0.15, 0.2) is 0 Å². The lowest BCUT2D eigenvalue weighted by Gasteiger charge is -2.07. The Morgan fingerprint density at radius 1 is 1.56 bits per heavy atom. The lowest BCUT2D eigenvalue weighted by atomic mass is 10.3. The van der Waals surface area contributed by atoms with Crippen molar-refractivity contribution in [1.82, 2.24) is 9.55 Å².